The molecule has 4 rings (SSSR count). The Labute approximate surface area is 186 Å². The molecule has 3 aromatic rings. The SMILES string of the molecule is COC(=O)C1=Cc2ccccc2C(c2ccccc2)(N(C)C(=O)OCc2ccccc2)O1. The van der Waals surface area contributed by atoms with E-state index in [1.807, 2.05) is 84.9 Å². The molecule has 6 heteroatoms. The van der Waals surface area contributed by atoms with Crippen molar-refractivity contribution in [2.45, 2.75) is 12.3 Å². The first-order chi connectivity index (χ1) is 15.6. The molecular weight excluding hydrogens is 406 g/mol. The van der Waals surface area contributed by atoms with E-state index in [-0.39, 0.29) is 12.4 Å². The Hall–Kier alpha value is -4.06. The maximum atomic E-state index is 13.2. The largest absolute Gasteiger partial charge is 0.463 e. The van der Waals surface area contributed by atoms with E-state index in [4.69, 9.17) is 14.2 Å². The lowest BCUT2D eigenvalue weighted by molar-refractivity contribution is -0.149. The maximum Gasteiger partial charge on any atom is 0.413 e. The topological polar surface area (TPSA) is 65.1 Å². The molecule has 32 heavy (non-hydrogen) atoms. The Bertz CT molecular complexity index is 1140. The van der Waals surface area contributed by atoms with Gasteiger partial charge in [-0.2, -0.15) is 0 Å². The van der Waals surface area contributed by atoms with Gasteiger partial charge in [0.2, 0.25) is 11.5 Å². The second kappa shape index (κ2) is 8.98. The second-order valence-electron chi connectivity index (χ2n) is 7.30. The third-order valence-corrected chi connectivity index (χ3v) is 5.37. The highest BCUT2D eigenvalue weighted by Crippen LogP contribution is 2.44. The van der Waals surface area contributed by atoms with Crippen molar-refractivity contribution in [1.29, 1.82) is 0 Å². The number of amides is 1. The second-order valence-corrected chi connectivity index (χ2v) is 7.30. The van der Waals surface area contributed by atoms with Crippen molar-refractivity contribution >= 4 is 18.1 Å². The summed E-state index contributed by atoms with van der Waals surface area (Å²) in [6.45, 7) is 0.107. The van der Waals surface area contributed by atoms with E-state index >= 15 is 0 Å². The zero-order valence-electron chi connectivity index (χ0n) is 17.9. The Morgan fingerprint density at radius 1 is 0.906 bits per heavy atom. The molecule has 0 N–H and O–H groups in total. The first-order valence-corrected chi connectivity index (χ1v) is 10.1. The molecule has 0 spiro atoms. The fourth-order valence-electron chi connectivity index (χ4n) is 3.78. The van der Waals surface area contributed by atoms with E-state index in [1.165, 1.54) is 12.0 Å². The molecule has 0 saturated heterocycles. The normalized spacial score (nSPS) is 16.8. The summed E-state index contributed by atoms with van der Waals surface area (Å²) in [5.74, 6) is -0.636. The third-order valence-electron chi connectivity index (χ3n) is 5.37. The van der Waals surface area contributed by atoms with Crippen LogP contribution in [-0.2, 0) is 31.3 Å². The van der Waals surface area contributed by atoms with Crippen LogP contribution in [0.2, 0.25) is 0 Å². The quantitative estimate of drug-likeness (QED) is 0.550. The van der Waals surface area contributed by atoms with Gasteiger partial charge >= 0.3 is 12.1 Å². The minimum atomic E-state index is -1.43. The lowest BCUT2D eigenvalue weighted by atomic mass is 9.87. The summed E-state index contributed by atoms with van der Waals surface area (Å²) in [5, 5.41) is 0. The van der Waals surface area contributed by atoms with Gasteiger partial charge in [0.1, 0.15) is 6.61 Å². The number of benzene rings is 3. The standard InChI is InChI=1S/C26H23NO5/c1-27(25(29)31-18-19-11-5-3-6-12-19)26(21-14-7-4-8-15-21)22-16-10-9-13-20(22)17-23(32-26)24(28)30-2/h3-17H,18H2,1-2H3. The molecule has 1 amide bonds. The average Bonchev–Trinajstić information content (AvgIpc) is 2.86. The van der Waals surface area contributed by atoms with Gasteiger partial charge in [-0.05, 0) is 17.2 Å². The lowest BCUT2D eigenvalue weighted by Gasteiger charge is -2.44. The number of nitrogens with zero attached hydrogens (tertiary/aromatic N) is 1. The van der Waals surface area contributed by atoms with Gasteiger partial charge in [0.05, 0.1) is 7.11 Å². The number of esters is 1. The molecular formula is C26H23NO5. The molecule has 1 aliphatic rings. The Morgan fingerprint density at radius 3 is 2.22 bits per heavy atom. The Balaban J connectivity index is 1.79. The molecule has 1 atom stereocenters. The zero-order chi connectivity index (χ0) is 22.6. The smallest absolute Gasteiger partial charge is 0.413 e. The molecule has 0 saturated carbocycles. The molecule has 0 radical (unpaired) electrons. The average molecular weight is 429 g/mol. The van der Waals surface area contributed by atoms with E-state index in [1.54, 1.807) is 13.1 Å². The number of rotatable bonds is 5. The van der Waals surface area contributed by atoms with Gasteiger partial charge < -0.3 is 14.2 Å². The number of carbonyl (C=O) groups is 2. The fraction of sp³-hybridized carbons (Fsp3) is 0.154. The van der Waals surface area contributed by atoms with Crippen molar-refractivity contribution in [3.63, 3.8) is 0 Å². The first kappa shape index (κ1) is 21.2. The molecule has 3 aromatic carbocycles. The van der Waals surface area contributed by atoms with E-state index in [0.717, 1.165) is 11.1 Å². The molecule has 1 heterocycles. The minimum absolute atomic E-state index is 0.00207. The first-order valence-electron chi connectivity index (χ1n) is 10.1. The molecule has 1 aliphatic heterocycles. The summed E-state index contributed by atoms with van der Waals surface area (Å²) >= 11 is 0. The van der Waals surface area contributed by atoms with E-state index < -0.39 is 17.8 Å². The molecule has 162 valence electrons. The highest BCUT2D eigenvalue weighted by Gasteiger charge is 2.49. The molecule has 0 aromatic heterocycles. The van der Waals surface area contributed by atoms with Gasteiger partial charge in [0, 0.05) is 18.2 Å². The van der Waals surface area contributed by atoms with Crippen molar-refractivity contribution in [2.24, 2.45) is 0 Å². The van der Waals surface area contributed by atoms with Crippen LogP contribution in [0.3, 0.4) is 0 Å². The lowest BCUT2D eigenvalue weighted by Crippen LogP contribution is -2.52. The number of fused-ring (bicyclic) bond motifs is 1. The number of ether oxygens (including phenoxy) is 3. The predicted molar refractivity (Wildman–Crippen MR) is 119 cm³/mol. The van der Waals surface area contributed by atoms with Crippen molar-refractivity contribution in [2.75, 3.05) is 14.2 Å². The third kappa shape index (κ3) is 3.83. The summed E-state index contributed by atoms with van der Waals surface area (Å²) in [4.78, 5) is 27.1. The molecule has 6 nitrogen and oxygen atoms in total. The number of carbonyl (C=O) groups excluding carboxylic acids is 2. The van der Waals surface area contributed by atoms with Crippen molar-refractivity contribution < 1.29 is 23.8 Å². The summed E-state index contributed by atoms with van der Waals surface area (Å²) < 4.78 is 16.8. The van der Waals surface area contributed by atoms with Crippen LogP contribution in [0.15, 0.2) is 90.7 Å². The van der Waals surface area contributed by atoms with Gasteiger partial charge in [0.15, 0.2) is 0 Å². The van der Waals surface area contributed by atoms with Gasteiger partial charge in [0.25, 0.3) is 0 Å². The van der Waals surface area contributed by atoms with Crippen LogP contribution in [0.25, 0.3) is 6.08 Å². The zero-order valence-corrected chi connectivity index (χ0v) is 17.9. The van der Waals surface area contributed by atoms with Gasteiger partial charge in [-0.1, -0.05) is 84.9 Å². The van der Waals surface area contributed by atoms with E-state index in [0.29, 0.717) is 11.1 Å². The van der Waals surface area contributed by atoms with Gasteiger partial charge in [-0.3, -0.25) is 4.90 Å². The molecule has 0 fully saturated rings. The highest BCUT2D eigenvalue weighted by molar-refractivity contribution is 5.93. The highest BCUT2D eigenvalue weighted by atomic mass is 16.6. The monoisotopic (exact) mass is 429 g/mol. The van der Waals surface area contributed by atoms with Gasteiger partial charge in [-0.25, -0.2) is 9.59 Å². The minimum Gasteiger partial charge on any atom is -0.463 e. The summed E-state index contributed by atoms with van der Waals surface area (Å²) in [5.41, 5.74) is 1.55. The number of hydrogen-bond donors (Lipinski definition) is 0. The number of hydrogen-bond acceptors (Lipinski definition) is 5. The van der Waals surface area contributed by atoms with Crippen molar-refractivity contribution in [3.8, 4) is 0 Å². The van der Waals surface area contributed by atoms with Gasteiger partial charge in [-0.15, -0.1) is 0 Å². The maximum absolute atomic E-state index is 13.2. The van der Waals surface area contributed by atoms with Crippen LogP contribution in [0, 0.1) is 0 Å². The molecule has 1 unspecified atom stereocenters. The van der Waals surface area contributed by atoms with E-state index in [2.05, 4.69) is 0 Å². The van der Waals surface area contributed by atoms with Crippen LogP contribution in [0.1, 0.15) is 22.3 Å². The fourth-order valence-corrected chi connectivity index (χ4v) is 3.78. The van der Waals surface area contributed by atoms with E-state index in [9.17, 15) is 9.59 Å². The summed E-state index contributed by atoms with van der Waals surface area (Å²) in [6.07, 6.45) is 1.02. The summed E-state index contributed by atoms with van der Waals surface area (Å²) in [6, 6.07) is 26.1. The van der Waals surface area contributed by atoms with Crippen LogP contribution in [0.4, 0.5) is 4.79 Å². The number of methoxy groups -OCH3 is 1. The molecule has 0 aliphatic carbocycles. The molecule has 0 bridgehead atoms. The van der Waals surface area contributed by atoms with Crippen LogP contribution >= 0.6 is 0 Å². The van der Waals surface area contributed by atoms with Crippen molar-refractivity contribution in [1.82, 2.24) is 4.90 Å². The Kier molecular flexibility index (Phi) is 5.94. The summed E-state index contributed by atoms with van der Waals surface area (Å²) in [7, 11) is 2.88. The van der Waals surface area contributed by atoms with Crippen LogP contribution in [-0.4, -0.2) is 31.1 Å². The Morgan fingerprint density at radius 2 is 1.53 bits per heavy atom. The van der Waals surface area contributed by atoms with Crippen LogP contribution < -0.4 is 0 Å². The van der Waals surface area contributed by atoms with Crippen LogP contribution in [0.5, 0.6) is 0 Å². The predicted octanol–water partition coefficient (Wildman–Crippen LogP) is 4.70. The van der Waals surface area contributed by atoms with Crippen molar-refractivity contribution in [3.05, 3.63) is 113 Å².